The Kier molecular flexibility index (Phi) is 4.68. The van der Waals surface area contributed by atoms with Crippen molar-refractivity contribution in [3.63, 3.8) is 0 Å². The number of rotatable bonds is 5. The molecule has 0 radical (unpaired) electrons. The summed E-state index contributed by atoms with van der Waals surface area (Å²) in [5.74, 6) is 5.43. The van der Waals surface area contributed by atoms with E-state index in [1.165, 1.54) is 11.8 Å². The molecule has 5 heteroatoms. The van der Waals surface area contributed by atoms with Crippen molar-refractivity contribution >= 4 is 11.6 Å². The van der Waals surface area contributed by atoms with Crippen molar-refractivity contribution in [2.75, 3.05) is 12.0 Å². The van der Waals surface area contributed by atoms with Crippen LogP contribution >= 0.6 is 0 Å². The molecule has 1 unspecified atom stereocenters. The second-order valence-corrected chi connectivity index (χ2v) is 4.59. The van der Waals surface area contributed by atoms with E-state index in [0.717, 1.165) is 0 Å². The zero-order valence-electron chi connectivity index (χ0n) is 11.3. The summed E-state index contributed by atoms with van der Waals surface area (Å²) < 4.78 is 0. The predicted octanol–water partition coefficient (Wildman–Crippen LogP) is 1.90. The molecular formula is C15H18N4O. The number of amides is 1. The Morgan fingerprint density at radius 3 is 2.75 bits per heavy atom. The highest BCUT2D eigenvalue weighted by molar-refractivity contribution is 5.99. The molecule has 0 fully saturated rings. The molecule has 2 rings (SSSR count). The molecule has 1 heterocycles. The van der Waals surface area contributed by atoms with Crippen molar-refractivity contribution < 1.29 is 4.79 Å². The minimum atomic E-state index is -0.186. The summed E-state index contributed by atoms with van der Waals surface area (Å²) in [5.41, 5.74) is 4.69. The van der Waals surface area contributed by atoms with Gasteiger partial charge in [-0.1, -0.05) is 37.3 Å². The van der Waals surface area contributed by atoms with E-state index in [9.17, 15) is 4.79 Å². The lowest BCUT2D eigenvalue weighted by atomic mass is 10.0. The number of anilines is 1. The van der Waals surface area contributed by atoms with Gasteiger partial charge in [0.2, 0.25) is 0 Å². The van der Waals surface area contributed by atoms with Gasteiger partial charge < -0.3 is 10.7 Å². The van der Waals surface area contributed by atoms with Crippen LogP contribution < -0.4 is 16.6 Å². The Bertz CT molecular complexity index is 571. The van der Waals surface area contributed by atoms with Gasteiger partial charge in [0.1, 0.15) is 0 Å². The van der Waals surface area contributed by atoms with E-state index >= 15 is 0 Å². The molecule has 2 aromatic rings. The maximum Gasteiger partial charge on any atom is 0.255 e. The molecule has 1 aromatic carbocycles. The predicted molar refractivity (Wildman–Crippen MR) is 79.2 cm³/mol. The standard InChI is InChI=1S/C15H18N4O/c1-11(12-5-3-2-4-6-12)9-18-15(20)13-10-17-8-7-14(13)19-16/h2-8,10-11H,9,16H2,1H3,(H,17,19)(H,18,20). The molecule has 1 amide bonds. The Balaban J connectivity index is 1.99. The molecule has 4 N–H and O–H groups in total. The third kappa shape index (κ3) is 3.33. The van der Waals surface area contributed by atoms with Gasteiger partial charge in [-0.3, -0.25) is 15.6 Å². The number of hydrogen-bond donors (Lipinski definition) is 3. The van der Waals surface area contributed by atoms with Crippen LogP contribution in [0.2, 0.25) is 0 Å². The van der Waals surface area contributed by atoms with Crippen molar-refractivity contribution in [1.82, 2.24) is 10.3 Å². The van der Waals surface area contributed by atoms with Crippen molar-refractivity contribution in [2.45, 2.75) is 12.8 Å². The average molecular weight is 270 g/mol. The fourth-order valence-corrected chi connectivity index (χ4v) is 1.94. The van der Waals surface area contributed by atoms with Crippen LogP contribution in [0.1, 0.15) is 28.8 Å². The quantitative estimate of drug-likeness (QED) is 0.572. The molecule has 0 aliphatic carbocycles. The number of nitrogens with zero attached hydrogens (tertiary/aromatic N) is 1. The van der Waals surface area contributed by atoms with Gasteiger partial charge in [0, 0.05) is 18.9 Å². The van der Waals surface area contributed by atoms with Crippen LogP contribution in [0.5, 0.6) is 0 Å². The van der Waals surface area contributed by atoms with E-state index in [1.807, 2.05) is 30.3 Å². The molecule has 1 atom stereocenters. The fraction of sp³-hybridized carbons (Fsp3) is 0.200. The first-order valence-corrected chi connectivity index (χ1v) is 6.46. The molecule has 104 valence electrons. The zero-order valence-corrected chi connectivity index (χ0v) is 11.3. The van der Waals surface area contributed by atoms with Crippen LogP contribution in [0.25, 0.3) is 0 Å². The van der Waals surface area contributed by atoms with E-state index in [2.05, 4.69) is 22.7 Å². The summed E-state index contributed by atoms with van der Waals surface area (Å²) in [5, 5.41) is 2.90. The Morgan fingerprint density at radius 1 is 1.30 bits per heavy atom. The lowest BCUT2D eigenvalue weighted by Gasteiger charge is -2.14. The Labute approximate surface area is 118 Å². The molecule has 0 aliphatic rings. The highest BCUT2D eigenvalue weighted by Gasteiger charge is 2.12. The largest absolute Gasteiger partial charge is 0.351 e. The van der Waals surface area contributed by atoms with Crippen LogP contribution in [0.3, 0.4) is 0 Å². The molecule has 0 saturated carbocycles. The van der Waals surface area contributed by atoms with Crippen LogP contribution in [-0.2, 0) is 0 Å². The lowest BCUT2D eigenvalue weighted by Crippen LogP contribution is -2.28. The molecule has 0 bridgehead atoms. The second kappa shape index (κ2) is 6.68. The first-order chi connectivity index (χ1) is 9.72. The van der Waals surface area contributed by atoms with E-state index in [1.54, 1.807) is 12.3 Å². The van der Waals surface area contributed by atoms with Crippen LogP contribution in [0, 0.1) is 0 Å². The highest BCUT2D eigenvalue weighted by atomic mass is 16.1. The van der Waals surface area contributed by atoms with E-state index in [4.69, 9.17) is 5.84 Å². The van der Waals surface area contributed by atoms with Crippen molar-refractivity contribution in [3.8, 4) is 0 Å². The van der Waals surface area contributed by atoms with Crippen LogP contribution in [0.15, 0.2) is 48.8 Å². The van der Waals surface area contributed by atoms with Crippen LogP contribution in [-0.4, -0.2) is 17.4 Å². The number of aromatic nitrogens is 1. The first kappa shape index (κ1) is 14.0. The molecule has 0 spiro atoms. The van der Waals surface area contributed by atoms with Gasteiger partial charge in [-0.05, 0) is 17.5 Å². The van der Waals surface area contributed by atoms with Crippen molar-refractivity contribution in [3.05, 3.63) is 59.9 Å². The summed E-state index contributed by atoms with van der Waals surface area (Å²) in [4.78, 5) is 16.1. The monoisotopic (exact) mass is 270 g/mol. The summed E-state index contributed by atoms with van der Waals surface area (Å²) in [6.07, 6.45) is 3.08. The maximum absolute atomic E-state index is 12.1. The van der Waals surface area contributed by atoms with E-state index in [0.29, 0.717) is 17.8 Å². The van der Waals surface area contributed by atoms with Gasteiger partial charge in [0.15, 0.2) is 0 Å². The zero-order chi connectivity index (χ0) is 14.4. The molecule has 5 nitrogen and oxygen atoms in total. The number of nitrogens with one attached hydrogen (secondary N) is 2. The number of carbonyl (C=O) groups excluding carboxylic acids is 1. The van der Waals surface area contributed by atoms with Gasteiger partial charge >= 0.3 is 0 Å². The number of benzene rings is 1. The summed E-state index contributed by atoms with van der Waals surface area (Å²) >= 11 is 0. The lowest BCUT2D eigenvalue weighted by molar-refractivity contribution is 0.0952. The minimum absolute atomic E-state index is 0.186. The van der Waals surface area contributed by atoms with Gasteiger partial charge in [-0.15, -0.1) is 0 Å². The van der Waals surface area contributed by atoms with Gasteiger partial charge in [-0.25, -0.2) is 0 Å². The van der Waals surface area contributed by atoms with E-state index in [-0.39, 0.29) is 11.8 Å². The third-order valence-corrected chi connectivity index (χ3v) is 3.16. The highest BCUT2D eigenvalue weighted by Crippen LogP contribution is 2.15. The Morgan fingerprint density at radius 2 is 2.05 bits per heavy atom. The van der Waals surface area contributed by atoms with Crippen molar-refractivity contribution in [2.24, 2.45) is 5.84 Å². The molecule has 1 aromatic heterocycles. The van der Waals surface area contributed by atoms with Gasteiger partial charge in [-0.2, -0.15) is 0 Å². The Hall–Kier alpha value is -2.40. The number of carbonyl (C=O) groups is 1. The van der Waals surface area contributed by atoms with Gasteiger partial charge in [0.05, 0.1) is 11.3 Å². The molecule has 0 aliphatic heterocycles. The average Bonchev–Trinajstić information content (AvgIpc) is 2.53. The number of nitrogen functional groups attached to an aromatic ring is 1. The third-order valence-electron chi connectivity index (χ3n) is 3.16. The smallest absolute Gasteiger partial charge is 0.255 e. The summed E-state index contributed by atoms with van der Waals surface area (Å²) in [7, 11) is 0. The second-order valence-electron chi connectivity index (χ2n) is 4.59. The number of hydrogen-bond acceptors (Lipinski definition) is 4. The van der Waals surface area contributed by atoms with Gasteiger partial charge in [0.25, 0.3) is 5.91 Å². The number of hydrazine groups is 1. The maximum atomic E-state index is 12.1. The summed E-state index contributed by atoms with van der Waals surface area (Å²) in [6, 6.07) is 11.7. The molecule has 0 saturated heterocycles. The SMILES string of the molecule is CC(CNC(=O)c1cnccc1NN)c1ccccc1. The number of pyridine rings is 1. The first-order valence-electron chi connectivity index (χ1n) is 6.46. The summed E-state index contributed by atoms with van der Waals surface area (Å²) in [6.45, 7) is 2.63. The molecule has 20 heavy (non-hydrogen) atoms. The van der Waals surface area contributed by atoms with Crippen molar-refractivity contribution in [1.29, 1.82) is 0 Å². The van der Waals surface area contributed by atoms with Crippen LogP contribution in [0.4, 0.5) is 5.69 Å². The number of nitrogens with two attached hydrogens (primary N) is 1. The topological polar surface area (TPSA) is 80.0 Å². The minimum Gasteiger partial charge on any atom is -0.351 e. The fourth-order valence-electron chi connectivity index (χ4n) is 1.94. The molecular weight excluding hydrogens is 252 g/mol. The normalized spacial score (nSPS) is 11.7. The van der Waals surface area contributed by atoms with E-state index < -0.39 is 0 Å².